The standard InChI is InChI=1S/C13H18N2O3/c1-17-11-7-15(8-11)10-5-3-4-9(6-10)12(18-2)13(14)16/h3-6,11-12H,7-8H2,1-2H3,(H2,14,16). The maximum atomic E-state index is 11.3. The Morgan fingerprint density at radius 1 is 1.44 bits per heavy atom. The van der Waals surface area contributed by atoms with Gasteiger partial charge in [0.15, 0.2) is 6.10 Å². The summed E-state index contributed by atoms with van der Waals surface area (Å²) < 4.78 is 10.3. The smallest absolute Gasteiger partial charge is 0.251 e. The van der Waals surface area contributed by atoms with Crippen molar-refractivity contribution in [3.8, 4) is 0 Å². The van der Waals surface area contributed by atoms with Gasteiger partial charge in [0.25, 0.3) is 5.91 Å². The topological polar surface area (TPSA) is 64.8 Å². The zero-order chi connectivity index (χ0) is 13.1. The first-order valence-electron chi connectivity index (χ1n) is 5.85. The number of carbonyl (C=O) groups is 1. The molecular weight excluding hydrogens is 232 g/mol. The van der Waals surface area contributed by atoms with Crippen LogP contribution < -0.4 is 10.6 Å². The zero-order valence-electron chi connectivity index (χ0n) is 10.6. The summed E-state index contributed by atoms with van der Waals surface area (Å²) >= 11 is 0. The van der Waals surface area contributed by atoms with E-state index in [9.17, 15) is 4.79 Å². The normalized spacial score (nSPS) is 17.3. The molecule has 5 nitrogen and oxygen atoms in total. The largest absolute Gasteiger partial charge is 0.378 e. The molecule has 0 aliphatic carbocycles. The van der Waals surface area contributed by atoms with E-state index < -0.39 is 12.0 Å². The molecule has 1 aliphatic heterocycles. The molecule has 2 rings (SSSR count). The third-order valence-corrected chi connectivity index (χ3v) is 3.21. The Labute approximate surface area is 106 Å². The number of nitrogens with two attached hydrogens (primary N) is 1. The fourth-order valence-corrected chi connectivity index (χ4v) is 2.10. The Kier molecular flexibility index (Phi) is 3.84. The van der Waals surface area contributed by atoms with E-state index in [1.54, 1.807) is 7.11 Å². The van der Waals surface area contributed by atoms with Crippen molar-refractivity contribution in [3.63, 3.8) is 0 Å². The van der Waals surface area contributed by atoms with Gasteiger partial charge in [0, 0.05) is 33.0 Å². The van der Waals surface area contributed by atoms with Crippen molar-refractivity contribution < 1.29 is 14.3 Å². The molecule has 0 aromatic heterocycles. The van der Waals surface area contributed by atoms with Gasteiger partial charge in [-0.3, -0.25) is 4.79 Å². The van der Waals surface area contributed by atoms with E-state index in [1.165, 1.54) is 7.11 Å². The summed E-state index contributed by atoms with van der Waals surface area (Å²) in [5, 5.41) is 0. The Balaban J connectivity index is 2.13. The van der Waals surface area contributed by atoms with Crippen LogP contribution in [0.1, 0.15) is 11.7 Å². The fourth-order valence-electron chi connectivity index (χ4n) is 2.10. The average Bonchev–Trinajstić information content (AvgIpc) is 2.28. The SMILES string of the molecule is COC1CN(c2cccc(C(OC)C(N)=O)c2)C1. The quantitative estimate of drug-likeness (QED) is 0.835. The summed E-state index contributed by atoms with van der Waals surface area (Å²) in [4.78, 5) is 13.4. The summed E-state index contributed by atoms with van der Waals surface area (Å²) in [5.74, 6) is -0.479. The Morgan fingerprint density at radius 3 is 2.72 bits per heavy atom. The van der Waals surface area contributed by atoms with Gasteiger partial charge >= 0.3 is 0 Å². The van der Waals surface area contributed by atoms with Crippen LogP contribution in [0.15, 0.2) is 24.3 Å². The highest BCUT2D eigenvalue weighted by Crippen LogP contribution is 2.26. The van der Waals surface area contributed by atoms with E-state index >= 15 is 0 Å². The number of anilines is 1. The molecule has 1 saturated heterocycles. The van der Waals surface area contributed by atoms with Crippen molar-refractivity contribution in [2.75, 3.05) is 32.2 Å². The molecule has 5 heteroatoms. The van der Waals surface area contributed by atoms with E-state index in [2.05, 4.69) is 4.90 Å². The van der Waals surface area contributed by atoms with Gasteiger partial charge in [0.1, 0.15) is 0 Å². The lowest BCUT2D eigenvalue weighted by Gasteiger charge is -2.40. The number of nitrogens with zero attached hydrogens (tertiary/aromatic N) is 1. The lowest BCUT2D eigenvalue weighted by atomic mass is 10.1. The van der Waals surface area contributed by atoms with Gasteiger partial charge in [-0.1, -0.05) is 12.1 Å². The van der Waals surface area contributed by atoms with Gasteiger partial charge < -0.3 is 20.1 Å². The zero-order valence-corrected chi connectivity index (χ0v) is 10.6. The molecule has 0 bridgehead atoms. The molecule has 1 amide bonds. The maximum Gasteiger partial charge on any atom is 0.251 e. The van der Waals surface area contributed by atoms with Gasteiger partial charge in [0.2, 0.25) is 0 Å². The summed E-state index contributed by atoms with van der Waals surface area (Å²) in [6, 6.07) is 7.68. The van der Waals surface area contributed by atoms with Crippen LogP contribution in [0.5, 0.6) is 0 Å². The number of hydrogen-bond acceptors (Lipinski definition) is 4. The molecule has 1 aromatic rings. The number of ether oxygens (including phenoxy) is 2. The van der Waals surface area contributed by atoms with Crippen molar-refractivity contribution in [2.45, 2.75) is 12.2 Å². The van der Waals surface area contributed by atoms with Crippen LogP contribution in [-0.2, 0) is 14.3 Å². The van der Waals surface area contributed by atoms with Crippen LogP contribution >= 0.6 is 0 Å². The molecule has 18 heavy (non-hydrogen) atoms. The molecule has 0 spiro atoms. The number of rotatable bonds is 5. The van der Waals surface area contributed by atoms with Gasteiger partial charge in [-0.05, 0) is 17.7 Å². The highest BCUT2D eigenvalue weighted by molar-refractivity contribution is 5.80. The van der Waals surface area contributed by atoms with E-state index in [-0.39, 0.29) is 0 Å². The van der Waals surface area contributed by atoms with Crippen LogP contribution in [0, 0.1) is 0 Å². The number of primary amides is 1. The first kappa shape index (κ1) is 12.9. The van der Waals surface area contributed by atoms with Crippen molar-refractivity contribution >= 4 is 11.6 Å². The highest BCUT2D eigenvalue weighted by Gasteiger charge is 2.27. The summed E-state index contributed by atoms with van der Waals surface area (Å²) in [6.07, 6.45) is -0.396. The second kappa shape index (κ2) is 5.37. The fraction of sp³-hybridized carbons (Fsp3) is 0.462. The highest BCUT2D eigenvalue weighted by atomic mass is 16.5. The minimum atomic E-state index is -0.690. The number of hydrogen-bond donors (Lipinski definition) is 1. The van der Waals surface area contributed by atoms with Crippen LogP contribution in [-0.4, -0.2) is 39.3 Å². The predicted molar refractivity (Wildman–Crippen MR) is 68.4 cm³/mol. The molecule has 1 aliphatic rings. The first-order chi connectivity index (χ1) is 8.65. The van der Waals surface area contributed by atoms with Crippen LogP contribution in [0.2, 0.25) is 0 Å². The van der Waals surface area contributed by atoms with Crippen molar-refractivity contribution in [3.05, 3.63) is 29.8 Å². The van der Waals surface area contributed by atoms with Crippen molar-refractivity contribution in [2.24, 2.45) is 5.73 Å². The molecule has 1 fully saturated rings. The second-order valence-corrected chi connectivity index (χ2v) is 4.38. The Hall–Kier alpha value is -1.59. The number of amides is 1. The molecule has 1 unspecified atom stereocenters. The van der Waals surface area contributed by atoms with E-state index in [4.69, 9.17) is 15.2 Å². The Morgan fingerprint density at radius 2 is 2.17 bits per heavy atom. The number of benzene rings is 1. The third kappa shape index (κ3) is 2.47. The lowest BCUT2D eigenvalue weighted by Crippen LogP contribution is -2.51. The van der Waals surface area contributed by atoms with Crippen molar-refractivity contribution in [1.29, 1.82) is 0 Å². The molecule has 0 saturated carbocycles. The van der Waals surface area contributed by atoms with Gasteiger partial charge in [-0.25, -0.2) is 0 Å². The first-order valence-corrected chi connectivity index (χ1v) is 5.85. The van der Waals surface area contributed by atoms with E-state index in [0.29, 0.717) is 6.10 Å². The van der Waals surface area contributed by atoms with Crippen molar-refractivity contribution in [1.82, 2.24) is 0 Å². The maximum absolute atomic E-state index is 11.3. The van der Waals surface area contributed by atoms with Crippen LogP contribution in [0.3, 0.4) is 0 Å². The minimum Gasteiger partial charge on any atom is -0.378 e. The van der Waals surface area contributed by atoms with Crippen LogP contribution in [0.4, 0.5) is 5.69 Å². The van der Waals surface area contributed by atoms with Gasteiger partial charge in [0.05, 0.1) is 6.10 Å². The summed E-state index contributed by atoms with van der Waals surface area (Å²) in [7, 11) is 3.19. The lowest BCUT2D eigenvalue weighted by molar-refractivity contribution is -0.128. The van der Waals surface area contributed by atoms with Gasteiger partial charge in [-0.15, -0.1) is 0 Å². The molecule has 1 atom stereocenters. The third-order valence-electron chi connectivity index (χ3n) is 3.21. The number of methoxy groups -OCH3 is 2. The monoisotopic (exact) mass is 250 g/mol. The Bertz CT molecular complexity index is 430. The predicted octanol–water partition coefficient (Wildman–Crippen LogP) is 0.694. The molecule has 1 aromatic carbocycles. The second-order valence-electron chi connectivity index (χ2n) is 4.38. The molecular formula is C13H18N2O3. The summed E-state index contributed by atoms with van der Waals surface area (Å²) in [5.41, 5.74) is 7.14. The molecule has 2 N–H and O–H groups in total. The van der Waals surface area contributed by atoms with E-state index in [1.807, 2.05) is 24.3 Å². The molecule has 0 radical (unpaired) electrons. The molecule has 1 heterocycles. The number of carbonyl (C=O) groups excluding carboxylic acids is 1. The van der Waals surface area contributed by atoms with Gasteiger partial charge in [-0.2, -0.15) is 0 Å². The average molecular weight is 250 g/mol. The van der Waals surface area contributed by atoms with Crippen LogP contribution in [0.25, 0.3) is 0 Å². The van der Waals surface area contributed by atoms with E-state index in [0.717, 1.165) is 24.3 Å². The molecule has 98 valence electrons. The minimum absolute atomic E-state index is 0.294. The summed E-state index contributed by atoms with van der Waals surface area (Å²) in [6.45, 7) is 1.74.